The van der Waals surface area contributed by atoms with Gasteiger partial charge in [0.2, 0.25) is 12.5 Å². The van der Waals surface area contributed by atoms with Gasteiger partial charge in [0.15, 0.2) is 17.8 Å². The van der Waals surface area contributed by atoms with Gasteiger partial charge >= 0.3 is 0 Å². The fourth-order valence-corrected chi connectivity index (χ4v) is 3.99. The van der Waals surface area contributed by atoms with E-state index in [9.17, 15) is 4.79 Å². The number of carbonyl (C=O) groups is 1. The van der Waals surface area contributed by atoms with Gasteiger partial charge in [-0.15, -0.1) is 0 Å². The molecule has 2 aromatic rings. The molecule has 2 aliphatic heterocycles. The molecule has 0 saturated heterocycles. The van der Waals surface area contributed by atoms with Gasteiger partial charge in [0.05, 0.1) is 12.7 Å². The first-order valence-electron chi connectivity index (χ1n) is 9.18. The second-order valence-corrected chi connectivity index (χ2v) is 7.68. The number of hydrogen-bond acceptors (Lipinski definition) is 6. The minimum absolute atomic E-state index is 0.151. The highest BCUT2D eigenvalue weighted by Crippen LogP contribution is 2.49. The number of ether oxygens (including phenoxy) is 4. The molecule has 0 N–H and O–H groups in total. The number of methoxy groups -OCH3 is 1. The van der Waals surface area contributed by atoms with Crippen LogP contribution in [0.4, 0.5) is 0 Å². The first kappa shape index (κ1) is 19.6. The standard InChI is InChI=1S/C22H20BrNO5/c1-24-8-7-14-11-19-21(29-13-28-19)22(26-2)20(14)17(24)4-3-9-27-18-6-5-16(23)10-15(18)12-25/h5-6,10-12,17H,7-9,13H2,1-2H3/t17-/m0/s1. The van der Waals surface area contributed by atoms with Crippen molar-refractivity contribution in [2.75, 3.05) is 34.1 Å². The van der Waals surface area contributed by atoms with E-state index in [1.807, 2.05) is 19.2 Å². The Labute approximate surface area is 177 Å². The van der Waals surface area contributed by atoms with E-state index in [1.165, 1.54) is 0 Å². The lowest BCUT2D eigenvalue weighted by Crippen LogP contribution is -2.31. The van der Waals surface area contributed by atoms with Gasteiger partial charge in [0, 0.05) is 16.6 Å². The third-order valence-corrected chi connectivity index (χ3v) is 5.53. The molecule has 4 rings (SSSR count). The first-order chi connectivity index (χ1) is 14.1. The molecule has 6 nitrogen and oxygen atoms in total. The maximum atomic E-state index is 11.2. The lowest BCUT2D eigenvalue weighted by Gasteiger charge is -2.32. The van der Waals surface area contributed by atoms with Crippen LogP contribution in [0.2, 0.25) is 0 Å². The minimum atomic E-state index is -0.151. The zero-order valence-corrected chi connectivity index (χ0v) is 17.7. The van der Waals surface area contributed by atoms with Crippen molar-refractivity contribution in [3.05, 3.63) is 45.4 Å². The topological polar surface area (TPSA) is 57.2 Å². The molecule has 2 aromatic carbocycles. The summed E-state index contributed by atoms with van der Waals surface area (Å²) in [5.41, 5.74) is 2.64. The van der Waals surface area contributed by atoms with Crippen molar-refractivity contribution in [1.82, 2.24) is 4.90 Å². The molecule has 0 spiro atoms. The van der Waals surface area contributed by atoms with Crippen molar-refractivity contribution >= 4 is 22.2 Å². The van der Waals surface area contributed by atoms with Crippen molar-refractivity contribution in [2.45, 2.75) is 12.5 Å². The molecule has 0 aromatic heterocycles. The van der Waals surface area contributed by atoms with Gasteiger partial charge < -0.3 is 18.9 Å². The normalized spacial score (nSPS) is 17.1. The SMILES string of the molecule is COc1c2c(cc3c1[C@H](C#CCOc1ccc(Br)cc1C=O)N(C)CC3)OCO2. The quantitative estimate of drug-likeness (QED) is 0.516. The van der Waals surface area contributed by atoms with Gasteiger partial charge in [-0.25, -0.2) is 0 Å². The molecule has 150 valence electrons. The van der Waals surface area contributed by atoms with Gasteiger partial charge in [-0.2, -0.15) is 0 Å². The molecule has 7 heteroatoms. The molecule has 0 unspecified atom stereocenters. The summed E-state index contributed by atoms with van der Waals surface area (Å²) in [4.78, 5) is 13.4. The first-order valence-corrected chi connectivity index (χ1v) is 9.97. The lowest BCUT2D eigenvalue weighted by atomic mass is 9.91. The Balaban J connectivity index is 1.59. The Hall–Kier alpha value is -2.69. The lowest BCUT2D eigenvalue weighted by molar-refractivity contribution is 0.112. The zero-order valence-electron chi connectivity index (χ0n) is 16.2. The van der Waals surface area contributed by atoms with Crippen molar-refractivity contribution in [1.29, 1.82) is 0 Å². The predicted octanol–water partition coefficient (Wildman–Crippen LogP) is 3.61. The van der Waals surface area contributed by atoms with Gasteiger partial charge in [0.25, 0.3) is 0 Å². The highest BCUT2D eigenvalue weighted by Gasteiger charge is 2.33. The van der Waals surface area contributed by atoms with Crippen LogP contribution in [0, 0.1) is 11.8 Å². The van der Waals surface area contributed by atoms with Crippen LogP contribution in [0.25, 0.3) is 0 Å². The van der Waals surface area contributed by atoms with E-state index in [0.29, 0.717) is 22.8 Å². The number of rotatable bonds is 4. The summed E-state index contributed by atoms with van der Waals surface area (Å²) >= 11 is 3.35. The van der Waals surface area contributed by atoms with Crippen molar-refractivity contribution < 1.29 is 23.7 Å². The summed E-state index contributed by atoms with van der Waals surface area (Å²) < 4.78 is 23.4. The third-order valence-electron chi connectivity index (χ3n) is 5.03. The maximum Gasteiger partial charge on any atom is 0.231 e. The van der Waals surface area contributed by atoms with Gasteiger partial charge in [-0.3, -0.25) is 9.69 Å². The average molecular weight is 458 g/mol. The summed E-state index contributed by atoms with van der Waals surface area (Å²) in [5.74, 6) is 8.92. The zero-order chi connectivity index (χ0) is 20.4. The van der Waals surface area contributed by atoms with E-state index in [-0.39, 0.29) is 19.4 Å². The maximum absolute atomic E-state index is 11.2. The summed E-state index contributed by atoms with van der Waals surface area (Å²) in [7, 11) is 3.67. The molecule has 2 heterocycles. The van der Waals surface area contributed by atoms with Crippen LogP contribution in [-0.4, -0.2) is 45.3 Å². The van der Waals surface area contributed by atoms with Gasteiger partial charge in [0.1, 0.15) is 18.4 Å². The van der Waals surface area contributed by atoms with Crippen LogP contribution in [-0.2, 0) is 6.42 Å². The monoisotopic (exact) mass is 457 g/mol. The third kappa shape index (κ3) is 3.78. The summed E-state index contributed by atoms with van der Waals surface area (Å²) in [6.07, 6.45) is 1.65. The van der Waals surface area contributed by atoms with Crippen LogP contribution < -0.4 is 18.9 Å². The van der Waals surface area contributed by atoms with Crippen LogP contribution >= 0.6 is 15.9 Å². The van der Waals surface area contributed by atoms with Crippen LogP contribution in [0.5, 0.6) is 23.0 Å². The van der Waals surface area contributed by atoms with Crippen molar-refractivity contribution in [2.24, 2.45) is 0 Å². The molecule has 1 atom stereocenters. The van der Waals surface area contributed by atoms with E-state index in [4.69, 9.17) is 18.9 Å². The fraction of sp³-hybridized carbons (Fsp3) is 0.318. The summed E-state index contributed by atoms with van der Waals surface area (Å²) in [6.45, 7) is 1.24. The van der Waals surface area contributed by atoms with Crippen molar-refractivity contribution in [3.8, 4) is 34.8 Å². The number of aldehydes is 1. The van der Waals surface area contributed by atoms with E-state index < -0.39 is 0 Å². The van der Waals surface area contributed by atoms with E-state index in [2.05, 4.69) is 32.7 Å². The van der Waals surface area contributed by atoms with Crippen molar-refractivity contribution in [3.63, 3.8) is 0 Å². The smallest absolute Gasteiger partial charge is 0.231 e. The second-order valence-electron chi connectivity index (χ2n) is 6.76. The summed E-state index contributed by atoms with van der Waals surface area (Å²) in [6, 6.07) is 7.17. The molecule has 0 bridgehead atoms. The molecule has 0 amide bonds. The molecule has 2 aliphatic rings. The number of likely N-dealkylation sites (N-methyl/N-ethyl adjacent to an activating group) is 1. The average Bonchev–Trinajstić information content (AvgIpc) is 3.19. The highest BCUT2D eigenvalue weighted by molar-refractivity contribution is 9.10. The Morgan fingerprint density at radius 1 is 1.34 bits per heavy atom. The van der Waals surface area contributed by atoms with Crippen LogP contribution in [0.3, 0.4) is 0 Å². The molecule has 0 fully saturated rings. The molecular weight excluding hydrogens is 438 g/mol. The number of hydrogen-bond donors (Lipinski definition) is 0. The Bertz CT molecular complexity index is 1010. The highest BCUT2D eigenvalue weighted by atomic mass is 79.9. The Kier molecular flexibility index (Phi) is 5.65. The molecular formula is C22H20BrNO5. The van der Waals surface area contributed by atoms with Crippen LogP contribution in [0.15, 0.2) is 28.7 Å². The molecule has 0 aliphatic carbocycles. The van der Waals surface area contributed by atoms with E-state index in [0.717, 1.165) is 40.6 Å². The van der Waals surface area contributed by atoms with Gasteiger partial charge in [-0.05, 0) is 43.3 Å². The predicted molar refractivity (Wildman–Crippen MR) is 111 cm³/mol. The summed E-state index contributed by atoms with van der Waals surface area (Å²) in [5, 5.41) is 0. The number of benzene rings is 2. The number of halogens is 1. The number of carbonyl (C=O) groups excluding carboxylic acids is 1. The second kappa shape index (κ2) is 8.36. The van der Waals surface area contributed by atoms with Gasteiger partial charge in [-0.1, -0.05) is 27.8 Å². The minimum Gasteiger partial charge on any atom is -0.492 e. The van der Waals surface area contributed by atoms with Crippen LogP contribution in [0.1, 0.15) is 27.5 Å². The number of fused-ring (bicyclic) bond motifs is 2. The Morgan fingerprint density at radius 2 is 2.21 bits per heavy atom. The largest absolute Gasteiger partial charge is 0.492 e. The molecule has 0 saturated carbocycles. The molecule has 29 heavy (non-hydrogen) atoms. The fourth-order valence-electron chi connectivity index (χ4n) is 3.61. The number of nitrogens with zero attached hydrogens (tertiary/aromatic N) is 1. The van der Waals surface area contributed by atoms with E-state index in [1.54, 1.807) is 19.2 Å². The van der Waals surface area contributed by atoms with E-state index >= 15 is 0 Å². The Morgan fingerprint density at radius 3 is 3.00 bits per heavy atom. The molecule has 0 radical (unpaired) electrons.